The van der Waals surface area contributed by atoms with Crippen LogP contribution in [0.1, 0.15) is 18.1 Å². The number of nitrogens with one attached hydrogen (secondary N) is 1. The molecule has 4 nitrogen and oxygen atoms in total. The third-order valence-corrected chi connectivity index (χ3v) is 3.75. The maximum atomic E-state index is 12.5. The Labute approximate surface area is 130 Å². The van der Waals surface area contributed by atoms with Gasteiger partial charge in [-0.1, -0.05) is 24.3 Å². The number of amides is 1. The number of fused-ring (bicyclic) bond motifs is 1. The Bertz CT molecular complexity index is 711. The molecule has 0 aromatic heterocycles. The number of rotatable bonds is 2. The van der Waals surface area contributed by atoms with Crippen LogP contribution in [0.4, 0.5) is 5.69 Å². The average Bonchev–Trinajstić information content (AvgIpc) is 2.50. The molecule has 0 saturated carbocycles. The van der Waals surface area contributed by atoms with Gasteiger partial charge in [0.1, 0.15) is 6.10 Å². The summed E-state index contributed by atoms with van der Waals surface area (Å²) >= 11 is 0. The van der Waals surface area contributed by atoms with Gasteiger partial charge in [-0.05, 0) is 50.1 Å². The van der Waals surface area contributed by atoms with Gasteiger partial charge in [0.25, 0.3) is 5.91 Å². The van der Waals surface area contributed by atoms with Gasteiger partial charge in [0.2, 0.25) is 6.10 Å². The number of hydrogen-bond donors (Lipinski definition) is 1. The highest BCUT2D eigenvalue weighted by Gasteiger charge is 2.34. The summed E-state index contributed by atoms with van der Waals surface area (Å²) in [6.07, 6.45) is -1.02. The molecule has 1 aliphatic heterocycles. The van der Waals surface area contributed by atoms with Crippen molar-refractivity contribution in [3.05, 3.63) is 53.6 Å². The highest BCUT2D eigenvalue weighted by Crippen LogP contribution is 2.33. The maximum Gasteiger partial charge on any atom is 0.269 e. The normalized spacial score (nSPS) is 19.6. The van der Waals surface area contributed by atoms with Gasteiger partial charge in [-0.3, -0.25) is 4.79 Å². The molecule has 0 radical (unpaired) electrons. The number of carbonyl (C=O) groups excluding carboxylic acids is 1. The van der Waals surface area contributed by atoms with Crippen molar-refractivity contribution in [3.63, 3.8) is 0 Å². The summed E-state index contributed by atoms with van der Waals surface area (Å²) in [5.41, 5.74) is 2.92. The van der Waals surface area contributed by atoms with Crippen LogP contribution in [0.3, 0.4) is 0 Å². The monoisotopic (exact) mass is 297 g/mol. The van der Waals surface area contributed by atoms with Gasteiger partial charge >= 0.3 is 0 Å². The van der Waals surface area contributed by atoms with Gasteiger partial charge in [0.15, 0.2) is 11.5 Å². The molecule has 1 heterocycles. The predicted octanol–water partition coefficient (Wildman–Crippen LogP) is 3.47. The zero-order valence-corrected chi connectivity index (χ0v) is 12.9. The SMILES string of the molecule is Cc1ccc(C)c(NC(=O)C2Oc3ccccc3OC2C)c1. The molecule has 0 bridgehead atoms. The summed E-state index contributed by atoms with van der Waals surface area (Å²) in [5.74, 6) is 1.07. The van der Waals surface area contributed by atoms with Crippen LogP contribution in [0, 0.1) is 13.8 Å². The lowest BCUT2D eigenvalue weighted by atomic mass is 10.1. The van der Waals surface area contributed by atoms with Crippen molar-refractivity contribution in [3.8, 4) is 11.5 Å². The first-order valence-corrected chi connectivity index (χ1v) is 7.35. The van der Waals surface area contributed by atoms with Gasteiger partial charge in [-0.2, -0.15) is 0 Å². The van der Waals surface area contributed by atoms with Crippen LogP contribution < -0.4 is 14.8 Å². The Morgan fingerprint density at radius 2 is 1.73 bits per heavy atom. The van der Waals surface area contributed by atoms with Crippen molar-refractivity contribution in [2.45, 2.75) is 33.0 Å². The van der Waals surface area contributed by atoms with Crippen LogP contribution in [0.5, 0.6) is 11.5 Å². The number of para-hydroxylation sites is 2. The first-order chi connectivity index (χ1) is 10.5. The van der Waals surface area contributed by atoms with Gasteiger partial charge in [0, 0.05) is 5.69 Å². The second kappa shape index (κ2) is 5.72. The molecule has 0 fully saturated rings. The Morgan fingerprint density at radius 3 is 2.45 bits per heavy atom. The molecule has 1 aliphatic rings. The topological polar surface area (TPSA) is 47.6 Å². The Balaban J connectivity index is 1.79. The molecule has 2 aromatic carbocycles. The minimum Gasteiger partial charge on any atom is -0.482 e. The van der Waals surface area contributed by atoms with E-state index in [2.05, 4.69) is 5.32 Å². The standard InChI is InChI=1S/C18H19NO3/c1-11-8-9-12(2)14(10-11)19-18(20)17-13(3)21-15-6-4-5-7-16(15)22-17/h4-10,13,17H,1-3H3,(H,19,20). The predicted molar refractivity (Wildman–Crippen MR) is 85.5 cm³/mol. The van der Waals surface area contributed by atoms with Gasteiger partial charge < -0.3 is 14.8 Å². The van der Waals surface area contributed by atoms with E-state index in [4.69, 9.17) is 9.47 Å². The molecule has 1 amide bonds. The number of benzene rings is 2. The quantitative estimate of drug-likeness (QED) is 0.923. The first kappa shape index (κ1) is 14.4. The van der Waals surface area contributed by atoms with E-state index in [1.165, 1.54) is 0 Å². The summed E-state index contributed by atoms with van der Waals surface area (Å²) in [5, 5.41) is 2.94. The lowest BCUT2D eigenvalue weighted by Gasteiger charge is -2.31. The molecular weight excluding hydrogens is 278 g/mol. The van der Waals surface area contributed by atoms with Crippen LogP contribution in [-0.4, -0.2) is 18.1 Å². The molecule has 3 rings (SSSR count). The molecule has 4 heteroatoms. The number of aryl methyl sites for hydroxylation is 2. The van der Waals surface area contributed by atoms with Crippen LogP contribution in [0.2, 0.25) is 0 Å². The van der Waals surface area contributed by atoms with Crippen molar-refractivity contribution in [2.75, 3.05) is 5.32 Å². The molecule has 114 valence electrons. The number of ether oxygens (including phenoxy) is 2. The van der Waals surface area contributed by atoms with Crippen LogP contribution in [-0.2, 0) is 4.79 Å². The summed E-state index contributed by atoms with van der Waals surface area (Å²) in [7, 11) is 0. The van der Waals surface area contributed by atoms with E-state index >= 15 is 0 Å². The number of hydrogen-bond acceptors (Lipinski definition) is 3. The summed E-state index contributed by atoms with van der Waals surface area (Å²) in [6.45, 7) is 5.80. The molecule has 2 atom stereocenters. The fourth-order valence-corrected chi connectivity index (χ4v) is 2.48. The van der Waals surface area contributed by atoms with E-state index in [1.54, 1.807) is 6.07 Å². The molecule has 0 spiro atoms. The van der Waals surface area contributed by atoms with E-state index in [1.807, 2.05) is 57.2 Å². The van der Waals surface area contributed by atoms with E-state index in [-0.39, 0.29) is 12.0 Å². The molecule has 2 unspecified atom stereocenters. The van der Waals surface area contributed by atoms with Gasteiger partial charge in [-0.15, -0.1) is 0 Å². The largest absolute Gasteiger partial charge is 0.482 e. The average molecular weight is 297 g/mol. The van der Waals surface area contributed by atoms with Crippen molar-refractivity contribution >= 4 is 11.6 Å². The molecule has 1 N–H and O–H groups in total. The van der Waals surface area contributed by atoms with Gasteiger partial charge in [0.05, 0.1) is 0 Å². The van der Waals surface area contributed by atoms with Crippen molar-refractivity contribution in [1.29, 1.82) is 0 Å². The van der Waals surface area contributed by atoms with E-state index in [9.17, 15) is 4.79 Å². The third kappa shape index (κ3) is 2.77. The lowest BCUT2D eigenvalue weighted by molar-refractivity contribution is -0.128. The lowest BCUT2D eigenvalue weighted by Crippen LogP contribution is -2.46. The summed E-state index contributed by atoms with van der Waals surface area (Å²) in [4.78, 5) is 12.5. The van der Waals surface area contributed by atoms with Crippen molar-refractivity contribution in [2.24, 2.45) is 0 Å². The fraction of sp³-hybridized carbons (Fsp3) is 0.278. The minimum absolute atomic E-state index is 0.198. The first-order valence-electron chi connectivity index (χ1n) is 7.35. The van der Waals surface area contributed by atoms with Crippen LogP contribution in [0.25, 0.3) is 0 Å². The Hall–Kier alpha value is -2.49. The molecule has 2 aromatic rings. The molecular formula is C18H19NO3. The van der Waals surface area contributed by atoms with Gasteiger partial charge in [-0.25, -0.2) is 0 Å². The van der Waals surface area contributed by atoms with E-state index in [0.29, 0.717) is 11.5 Å². The van der Waals surface area contributed by atoms with Crippen LogP contribution >= 0.6 is 0 Å². The smallest absolute Gasteiger partial charge is 0.269 e. The molecule has 0 aliphatic carbocycles. The molecule has 22 heavy (non-hydrogen) atoms. The Morgan fingerprint density at radius 1 is 1.05 bits per heavy atom. The maximum absolute atomic E-state index is 12.5. The highest BCUT2D eigenvalue weighted by atomic mass is 16.6. The van der Waals surface area contributed by atoms with E-state index < -0.39 is 6.10 Å². The van der Waals surface area contributed by atoms with E-state index in [0.717, 1.165) is 16.8 Å². The zero-order valence-electron chi connectivity index (χ0n) is 12.9. The summed E-state index contributed by atoms with van der Waals surface area (Å²) in [6, 6.07) is 13.3. The Kier molecular flexibility index (Phi) is 3.75. The number of carbonyl (C=O) groups is 1. The van der Waals surface area contributed by atoms with Crippen molar-refractivity contribution in [1.82, 2.24) is 0 Å². The summed E-state index contributed by atoms with van der Waals surface area (Å²) < 4.78 is 11.6. The van der Waals surface area contributed by atoms with Crippen LogP contribution in [0.15, 0.2) is 42.5 Å². The fourth-order valence-electron chi connectivity index (χ4n) is 2.48. The molecule has 0 saturated heterocycles. The number of anilines is 1. The second-order valence-electron chi connectivity index (χ2n) is 5.62. The minimum atomic E-state index is -0.671. The zero-order chi connectivity index (χ0) is 15.7. The second-order valence-corrected chi connectivity index (χ2v) is 5.62. The third-order valence-electron chi connectivity index (χ3n) is 3.75. The van der Waals surface area contributed by atoms with Crippen molar-refractivity contribution < 1.29 is 14.3 Å². The highest BCUT2D eigenvalue weighted by molar-refractivity contribution is 5.95.